The summed E-state index contributed by atoms with van der Waals surface area (Å²) in [6.45, 7) is 4.16. The van der Waals surface area contributed by atoms with Gasteiger partial charge in [0.05, 0.1) is 5.39 Å². The number of carbonyl (C=O) groups excluding carboxylic acids is 1. The standard InChI is InChI=1S/C25H22F2N2O.HI/c1-25(2)12-19-24(21(30)13-25)22(14-6-7-16(26)17(27)11-14)23-15-5-4-10-29(3)20(15)9-8-18(23)28-19;/h4-11,22H,12-13H2,1-3H3;1H. The lowest BCUT2D eigenvalue weighted by Gasteiger charge is -2.39. The number of nitrogens with one attached hydrogen (secondary N) is 1. The Morgan fingerprint density at radius 1 is 1.06 bits per heavy atom. The molecule has 0 amide bonds. The van der Waals surface area contributed by atoms with Crippen LogP contribution in [0.2, 0.25) is 0 Å². The van der Waals surface area contributed by atoms with Crippen molar-refractivity contribution in [3.63, 3.8) is 0 Å². The molecular formula is C25H23F2IN2O. The van der Waals surface area contributed by atoms with Gasteiger partial charge in [-0.15, -0.1) is 0 Å². The summed E-state index contributed by atoms with van der Waals surface area (Å²) in [4.78, 5) is 13.3. The van der Waals surface area contributed by atoms with Crippen molar-refractivity contribution in [2.45, 2.75) is 32.6 Å². The molecule has 0 fully saturated rings. The molecule has 0 spiro atoms. The van der Waals surface area contributed by atoms with Crippen LogP contribution in [0.4, 0.5) is 14.5 Å². The summed E-state index contributed by atoms with van der Waals surface area (Å²) in [6.07, 6.45) is 3.13. The molecule has 5 rings (SSSR count). The zero-order chi connectivity index (χ0) is 21.2. The molecule has 0 saturated heterocycles. The Balaban J connectivity index is 0.00000231. The molecule has 3 aromatic rings. The number of pyridine rings is 1. The predicted molar refractivity (Wildman–Crippen MR) is 112 cm³/mol. The highest BCUT2D eigenvalue weighted by Gasteiger charge is 2.41. The van der Waals surface area contributed by atoms with Crippen molar-refractivity contribution in [2.24, 2.45) is 12.5 Å². The molecule has 1 N–H and O–H groups in total. The number of nitrogens with zero attached hydrogens (tertiary/aromatic N) is 1. The molecule has 2 aromatic carbocycles. The summed E-state index contributed by atoms with van der Waals surface area (Å²) in [7, 11) is 1.97. The lowest BCUT2D eigenvalue weighted by atomic mass is 9.68. The molecule has 1 atom stereocenters. The first-order chi connectivity index (χ1) is 14.2. The third-order valence-electron chi connectivity index (χ3n) is 6.28. The van der Waals surface area contributed by atoms with E-state index < -0.39 is 17.6 Å². The topological polar surface area (TPSA) is 33.0 Å². The summed E-state index contributed by atoms with van der Waals surface area (Å²) in [5.74, 6) is -2.17. The fourth-order valence-electron chi connectivity index (χ4n) is 4.99. The van der Waals surface area contributed by atoms with Crippen LogP contribution in [0.1, 0.15) is 43.7 Å². The monoisotopic (exact) mass is 532 g/mol. The van der Waals surface area contributed by atoms with Crippen LogP contribution < -0.4 is 33.9 Å². The summed E-state index contributed by atoms with van der Waals surface area (Å²) in [5.41, 5.74) is 4.86. The first-order valence-corrected chi connectivity index (χ1v) is 10.1. The van der Waals surface area contributed by atoms with E-state index in [2.05, 4.69) is 19.2 Å². The molecule has 0 radical (unpaired) electrons. The van der Waals surface area contributed by atoms with Gasteiger partial charge < -0.3 is 29.3 Å². The van der Waals surface area contributed by atoms with Gasteiger partial charge in [0, 0.05) is 47.0 Å². The molecule has 2 aliphatic rings. The first-order valence-electron chi connectivity index (χ1n) is 10.1. The molecule has 0 bridgehead atoms. The van der Waals surface area contributed by atoms with Crippen LogP contribution in [0.3, 0.4) is 0 Å². The average molecular weight is 532 g/mol. The fourth-order valence-corrected chi connectivity index (χ4v) is 4.99. The number of halogens is 3. The Labute approximate surface area is 197 Å². The number of anilines is 1. The zero-order valence-corrected chi connectivity index (χ0v) is 19.8. The minimum absolute atomic E-state index is 0. The number of carbonyl (C=O) groups is 1. The Bertz CT molecular complexity index is 1270. The maximum Gasteiger partial charge on any atom is 0.212 e. The van der Waals surface area contributed by atoms with E-state index in [-0.39, 0.29) is 35.2 Å². The molecule has 1 unspecified atom stereocenters. The van der Waals surface area contributed by atoms with E-state index in [0.29, 0.717) is 17.6 Å². The molecule has 0 saturated carbocycles. The largest absolute Gasteiger partial charge is 1.00 e. The van der Waals surface area contributed by atoms with Gasteiger partial charge >= 0.3 is 0 Å². The van der Waals surface area contributed by atoms with Crippen LogP contribution >= 0.6 is 0 Å². The second-order valence-electron chi connectivity index (χ2n) is 9.14. The zero-order valence-electron chi connectivity index (χ0n) is 17.6. The van der Waals surface area contributed by atoms with Gasteiger partial charge in [-0.25, -0.2) is 13.3 Å². The van der Waals surface area contributed by atoms with Crippen molar-refractivity contribution in [3.8, 4) is 0 Å². The highest BCUT2D eigenvalue weighted by Crippen LogP contribution is 2.50. The number of ketones is 1. The summed E-state index contributed by atoms with van der Waals surface area (Å²) < 4.78 is 30.0. The van der Waals surface area contributed by atoms with Crippen LogP contribution in [0.5, 0.6) is 0 Å². The number of hydrogen-bond donors (Lipinski definition) is 1. The van der Waals surface area contributed by atoms with Crippen LogP contribution in [0.25, 0.3) is 10.9 Å². The van der Waals surface area contributed by atoms with Crippen molar-refractivity contribution < 1.29 is 42.1 Å². The van der Waals surface area contributed by atoms with E-state index in [1.54, 1.807) is 6.07 Å². The maximum absolute atomic E-state index is 14.2. The van der Waals surface area contributed by atoms with Crippen molar-refractivity contribution >= 4 is 22.4 Å². The van der Waals surface area contributed by atoms with E-state index in [1.807, 2.05) is 42.1 Å². The highest BCUT2D eigenvalue weighted by molar-refractivity contribution is 6.03. The third kappa shape index (κ3) is 3.54. The number of aryl methyl sites for hydroxylation is 1. The van der Waals surface area contributed by atoms with Crippen molar-refractivity contribution in [3.05, 3.63) is 82.7 Å². The van der Waals surface area contributed by atoms with Gasteiger partial charge in [-0.2, -0.15) is 0 Å². The van der Waals surface area contributed by atoms with E-state index in [0.717, 1.165) is 40.3 Å². The molecule has 2 heterocycles. The van der Waals surface area contributed by atoms with Crippen LogP contribution in [0.15, 0.2) is 59.9 Å². The molecule has 3 nitrogen and oxygen atoms in total. The number of Topliss-reactive ketones (excluding diaryl/α,β-unsaturated/α-hetero) is 1. The minimum atomic E-state index is -0.899. The minimum Gasteiger partial charge on any atom is -1.00 e. The molecular weight excluding hydrogens is 509 g/mol. The second kappa shape index (κ2) is 7.65. The van der Waals surface area contributed by atoms with Gasteiger partial charge in [0.25, 0.3) is 0 Å². The summed E-state index contributed by atoms with van der Waals surface area (Å²) in [6, 6.07) is 12.0. The predicted octanol–water partition coefficient (Wildman–Crippen LogP) is 2.15. The lowest BCUT2D eigenvalue weighted by Crippen LogP contribution is -3.00. The third-order valence-corrected chi connectivity index (χ3v) is 6.28. The quantitative estimate of drug-likeness (QED) is 0.385. The van der Waals surface area contributed by atoms with Gasteiger partial charge in [0.1, 0.15) is 7.05 Å². The number of allylic oxidation sites excluding steroid dienone is 2. The smallest absolute Gasteiger partial charge is 0.212 e. The molecule has 1 aromatic heterocycles. The molecule has 160 valence electrons. The van der Waals surface area contributed by atoms with Crippen LogP contribution in [-0.2, 0) is 11.8 Å². The Morgan fingerprint density at radius 3 is 2.58 bits per heavy atom. The number of fused-ring (bicyclic) bond motifs is 3. The van der Waals surface area contributed by atoms with Crippen LogP contribution in [-0.4, -0.2) is 5.78 Å². The summed E-state index contributed by atoms with van der Waals surface area (Å²) >= 11 is 0. The number of benzene rings is 2. The van der Waals surface area contributed by atoms with Crippen molar-refractivity contribution in [2.75, 3.05) is 5.32 Å². The number of hydrogen-bond acceptors (Lipinski definition) is 2. The van der Waals surface area contributed by atoms with E-state index in [4.69, 9.17) is 0 Å². The Kier molecular flexibility index (Phi) is 5.40. The van der Waals surface area contributed by atoms with E-state index >= 15 is 0 Å². The molecule has 1 aliphatic carbocycles. The Hall–Kier alpha value is -2.35. The molecule has 31 heavy (non-hydrogen) atoms. The van der Waals surface area contributed by atoms with Crippen LogP contribution in [0, 0.1) is 17.0 Å². The SMILES string of the molecule is C[n+]1cccc2c3c(ccc21)NC1=C(C(=O)CC(C)(C)C1)C3c1ccc(F)c(F)c1.[I-]. The maximum atomic E-state index is 14.2. The van der Waals surface area contributed by atoms with Gasteiger partial charge in [-0.1, -0.05) is 19.9 Å². The Morgan fingerprint density at radius 2 is 1.84 bits per heavy atom. The van der Waals surface area contributed by atoms with E-state index in [1.165, 1.54) is 6.07 Å². The first kappa shape index (κ1) is 21.9. The normalized spacial score (nSPS) is 19.4. The van der Waals surface area contributed by atoms with Crippen molar-refractivity contribution in [1.29, 1.82) is 0 Å². The number of rotatable bonds is 1. The van der Waals surface area contributed by atoms with Gasteiger partial charge in [0.2, 0.25) is 5.52 Å². The van der Waals surface area contributed by atoms with Gasteiger partial charge in [0.15, 0.2) is 23.6 Å². The average Bonchev–Trinajstić information content (AvgIpc) is 2.67. The van der Waals surface area contributed by atoms with Gasteiger partial charge in [-0.05, 0) is 41.7 Å². The second-order valence-corrected chi connectivity index (χ2v) is 9.14. The highest BCUT2D eigenvalue weighted by atomic mass is 127. The summed E-state index contributed by atoms with van der Waals surface area (Å²) in [5, 5.41) is 4.49. The molecule has 1 aliphatic heterocycles. The van der Waals surface area contributed by atoms with Gasteiger partial charge in [-0.3, -0.25) is 4.79 Å². The fraction of sp³-hybridized carbons (Fsp3) is 0.280. The lowest BCUT2D eigenvalue weighted by molar-refractivity contribution is -0.644. The molecule has 6 heteroatoms. The number of aromatic nitrogens is 1. The van der Waals surface area contributed by atoms with E-state index in [9.17, 15) is 13.6 Å². The van der Waals surface area contributed by atoms with Crippen molar-refractivity contribution in [1.82, 2.24) is 0 Å².